The Morgan fingerprint density at radius 2 is 2.00 bits per heavy atom. The van der Waals surface area contributed by atoms with Crippen molar-refractivity contribution in [2.24, 2.45) is 11.3 Å². The Bertz CT molecular complexity index is 436. The second-order valence-electron chi connectivity index (χ2n) is 5.83. The molecule has 0 aliphatic heterocycles. The van der Waals surface area contributed by atoms with E-state index in [9.17, 15) is 4.79 Å². The third-order valence-electron chi connectivity index (χ3n) is 3.77. The standard InChI is InChI=1S/C15H23NO2/c1-10(2)15(4,5)9-16-12-6-7-13(14(17)18)11(3)8-12/h6-8,10,16H,9H2,1-5H3,(H,17,18). The van der Waals surface area contributed by atoms with Gasteiger partial charge in [-0.1, -0.05) is 27.7 Å². The third kappa shape index (κ3) is 3.49. The zero-order valence-corrected chi connectivity index (χ0v) is 11.9. The van der Waals surface area contributed by atoms with Crippen LogP contribution in [0.4, 0.5) is 5.69 Å². The van der Waals surface area contributed by atoms with Crippen molar-refractivity contribution in [3.63, 3.8) is 0 Å². The van der Waals surface area contributed by atoms with Gasteiger partial charge in [-0.2, -0.15) is 0 Å². The van der Waals surface area contributed by atoms with Crippen LogP contribution in [0.2, 0.25) is 0 Å². The first-order valence-electron chi connectivity index (χ1n) is 6.32. The fourth-order valence-electron chi connectivity index (χ4n) is 1.55. The van der Waals surface area contributed by atoms with Crippen LogP contribution in [0.15, 0.2) is 18.2 Å². The van der Waals surface area contributed by atoms with Gasteiger partial charge >= 0.3 is 5.97 Å². The van der Waals surface area contributed by atoms with Gasteiger partial charge in [-0.15, -0.1) is 0 Å². The molecular weight excluding hydrogens is 226 g/mol. The fourth-order valence-corrected chi connectivity index (χ4v) is 1.55. The first-order chi connectivity index (χ1) is 8.24. The predicted molar refractivity (Wildman–Crippen MR) is 75.2 cm³/mol. The summed E-state index contributed by atoms with van der Waals surface area (Å²) in [5, 5.41) is 12.3. The van der Waals surface area contributed by atoms with E-state index >= 15 is 0 Å². The summed E-state index contributed by atoms with van der Waals surface area (Å²) in [5.74, 6) is -0.286. The summed E-state index contributed by atoms with van der Waals surface area (Å²) in [6.07, 6.45) is 0. The molecule has 1 aromatic rings. The fraction of sp³-hybridized carbons (Fsp3) is 0.533. The number of carboxylic acids is 1. The molecule has 1 aromatic carbocycles. The average Bonchev–Trinajstić information content (AvgIpc) is 2.25. The lowest BCUT2D eigenvalue weighted by atomic mass is 9.81. The summed E-state index contributed by atoms with van der Waals surface area (Å²) in [4.78, 5) is 10.9. The van der Waals surface area contributed by atoms with Gasteiger partial charge in [-0.25, -0.2) is 4.79 Å². The largest absolute Gasteiger partial charge is 0.478 e. The molecule has 0 spiro atoms. The normalized spacial score (nSPS) is 11.7. The number of hydrogen-bond acceptors (Lipinski definition) is 2. The van der Waals surface area contributed by atoms with E-state index in [0.29, 0.717) is 11.5 Å². The molecule has 0 atom stereocenters. The van der Waals surface area contributed by atoms with E-state index in [2.05, 4.69) is 33.0 Å². The molecule has 3 nitrogen and oxygen atoms in total. The second kappa shape index (κ2) is 5.42. The smallest absolute Gasteiger partial charge is 0.335 e. The van der Waals surface area contributed by atoms with Gasteiger partial charge in [0.25, 0.3) is 0 Å². The molecule has 2 N–H and O–H groups in total. The number of aromatic carboxylic acids is 1. The number of nitrogens with one attached hydrogen (secondary N) is 1. The highest BCUT2D eigenvalue weighted by atomic mass is 16.4. The van der Waals surface area contributed by atoms with E-state index in [1.165, 1.54) is 0 Å². The topological polar surface area (TPSA) is 49.3 Å². The zero-order chi connectivity index (χ0) is 13.9. The van der Waals surface area contributed by atoms with Crippen molar-refractivity contribution in [3.8, 4) is 0 Å². The van der Waals surface area contributed by atoms with Gasteiger partial charge in [0, 0.05) is 12.2 Å². The SMILES string of the molecule is Cc1cc(NCC(C)(C)C(C)C)ccc1C(=O)O. The maximum Gasteiger partial charge on any atom is 0.335 e. The van der Waals surface area contributed by atoms with Gasteiger partial charge in [0.1, 0.15) is 0 Å². The van der Waals surface area contributed by atoms with Crippen molar-refractivity contribution in [1.82, 2.24) is 0 Å². The van der Waals surface area contributed by atoms with Gasteiger partial charge in [0.05, 0.1) is 5.56 Å². The van der Waals surface area contributed by atoms with Crippen molar-refractivity contribution in [2.45, 2.75) is 34.6 Å². The van der Waals surface area contributed by atoms with Crippen molar-refractivity contribution in [1.29, 1.82) is 0 Å². The molecule has 0 saturated heterocycles. The molecule has 0 amide bonds. The highest BCUT2D eigenvalue weighted by Gasteiger charge is 2.21. The molecule has 0 heterocycles. The Hall–Kier alpha value is -1.51. The first-order valence-corrected chi connectivity index (χ1v) is 6.32. The minimum Gasteiger partial charge on any atom is -0.478 e. The van der Waals surface area contributed by atoms with Crippen LogP contribution in [0.5, 0.6) is 0 Å². The molecule has 3 heteroatoms. The van der Waals surface area contributed by atoms with Crippen LogP contribution >= 0.6 is 0 Å². The van der Waals surface area contributed by atoms with Gasteiger partial charge < -0.3 is 10.4 Å². The molecule has 100 valence electrons. The van der Waals surface area contributed by atoms with Crippen LogP contribution in [0.3, 0.4) is 0 Å². The van der Waals surface area contributed by atoms with Crippen LogP contribution in [-0.4, -0.2) is 17.6 Å². The van der Waals surface area contributed by atoms with Crippen LogP contribution < -0.4 is 5.32 Å². The maximum atomic E-state index is 10.9. The molecule has 0 unspecified atom stereocenters. The molecule has 1 rings (SSSR count). The Labute approximate surface area is 109 Å². The van der Waals surface area contributed by atoms with E-state index in [1.807, 2.05) is 19.1 Å². The molecule has 0 aromatic heterocycles. The number of aryl methyl sites for hydroxylation is 1. The Kier molecular flexibility index (Phi) is 4.38. The lowest BCUT2D eigenvalue weighted by Gasteiger charge is -2.30. The Morgan fingerprint density at radius 3 is 2.44 bits per heavy atom. The molecule has 0 aliphatic carbocycles. The second-order valence-corrected chi connectivity index (χ2v) is 5.83. The summed E-state index contributed by atoms with van der Waals surface area (Å²) in [7, 11) is 0. The number of anilines is 1. The van der Waals surface area contributed by atoms with E-state index in [-0.39, 0.29) is 5.41 Å². The van der Waals surface area contributed by atoms with Crippen molar-refractivity contribution >= 4 is 11.7 Å². The van der Waals surface area contributed by atoms with Crippen LogP contribution in [-0.2, 0) is 0 Å². The lowest BCUT2D eigenvalue weighted by Crippen LogP contribution is -2.28. The Morgan fingerprint density at radius 1 is 1.39 bits per heavy atom. The van der Waals surface area contributed by atoms with Crippen LogP contribution in [0.25, 0.3) is 0 Å². The monoisotopic (exact) mass is 249 g/mol. The molecule has 0 aliphatic rings. The first kappa shape index (κ1) is 14.6. The third-order valence-corrected chi connectivity index (χ3v) is 3.77. The minimum absolute atomic E-state index is 0.208. The summed E-state index contributed by atoms with van der Waals surface area (Å²) in [6, 6.07) is 5.37. The predicted octanol–water partition coefficient (Wildman–Crippen LogP) is 3.79. The Balaban J connectivity index is 2.76. The summed E-state index contributed by atoms with van der Waals surface area (Å²) < 4.78 is 0. The van der Waals surface area contributed by atoms with Crippen LogP contribution in [0.1, 0.15) is 43.6 Å². The van der Waals surface area contributed by atoms with Gasteiger partial charge in [-0.3, -0.25) is 0 Å². The number of hydrogen-bond donors (Lipinski definition) is 2. The average molecular weight is 249 g/mol. The maximum absolute atomic E-state index is 10.9. The summed E-state index contributed by atoms with van der Waals surface area (Å²) in [5.41, 5.74) is 2.34. The van der Waals surface area contributed by atoms with E-state index in [1.54, 1.807) is 6.07 Å². The molecule has 0 saturated carbocycles. The summed E-state index contributed by atoms with van der Waals surface area (Å²) in [6.45, 7) is 11.6. The molecule has 0 bridgehead atoms. The molecule has 0 fully saturated rings. The van der Waals surface area contributed by atoms with Crippen molar-refractivity contribution in [2.75, 3.05) is 11.9 Å². The number of carbonyl (C=O) groups is 1. The van der Waals surface area contributed by atoms with Gasteiger partial charge in [-0.05, 0) is 42.0 Å². The van der Waals surface area contributed by atoms with E-state index < -0.39 is 5.97 Å². The van der Waals surface area contributed by atoms with E-state index in [4.69, 9.17) is 5.11 Å². The zero-order valence-electron chi connectivity index (χ0n) is 11.9. The van der Waals surface area contributed by atoms with Crippen molar-refractivity contribution in [3.05, 3.63) is 29.3 Å². The van der Waals surface area contributed by atoms with Crippen LogP contribution in [0, 0.1) is 18.3 Å². The molecule has 18 heavy (non-hydrogen) atoms. The lowest BCUT2D eigenvalue weighted by molar-refractivity contribution is 0.0696. The summed E-state index contributed by atoms with van der Waals surface area (Å²) >= 11 is 0. The quantitative estimate of drug-likeness (QED) is 0.834. The van der Waals surface area contributed by atoms with E-state index in [0.717, 1.165) is 17.8 Å². The highest BCUT2D eigenvalue weighted by Crippen LogP contribution is 2.26. The molecular formula is C15H23NO2. The molecule has 0 radical (unpaired) electrons. The number of carboxylic acid groups (broad SMARTS) is 1. The van der Waals surface area contributed by atoms with Gasteiger partial charge in [0.15, 0.2) is 0 Å². The van der Waals surface area contributed by atoms with Crippen molar-refractivity contribution < 1.29 is 9.90 Å². The van der Waals surface area contributed by atoms with Gasteiger partial charge in [0.2, 0.25) is 0 Å². The minimum atomic E-state index is -0.874. The highest BCUT2D eigenvalue weighted by molar-refractivity contribution is 5.89. The number of benzene rings is 1. The number of rotatable bonds is 5.